The number of aryl methyl sites for hydroxylation is 3. The Morgan fingerprint density at radius 2 is 1.69 bits per heavy atom. The SMILES string of the molecule is Cc1cc(Br)ccc1NC(=O)CNC(=O)CCC(=O)c1ccc2c(c1)CCCC2. The number of ketones is 1. The molecule has 6 heteroatoms. The molecule has 2 amide bonds. The van der Waals surface area contributed by atoms with Gasteiger partial charge in [-0.15, -0.1) is 0 Å². The third-order valence-corrected chi connectivity index (χ3v) is 5.65. The standard InChI is InChI=1S/C23H25BrN2O3/c1-15-12-19(24)8-9-20(15)26-23(29)14-25-22(28)11-10-21(27)18-7-6-16-4-2-3-5-17(16)13-18/h6-9,12-13H,2-5,10-11,14H2,1H3,(H,25,28)(H,26,29). The number of halogens is 1. The van der Waals surface area contributed by atoms with Gasteiger partial charge in [0.1, 0.15) is 0 Å². The second-order valence-electron chi connectivity index (χ2n) is 7.40. The van der Waals surface area contributed by atoms with E-state index in [2.05, 4.69) is 26.6 Å². The van der Waals surface area contributed by atoms with Crippen molar-refractivity contribution in [2.45, 2.75) is 45.4 Å². The van der Waals surface area contributed by atoms with Crippen molar-refractivity contribution in [2.75, 3.05) is 11.9 Å². The maximum Gasteiger partial charge on any atom is 0.243 e. The molecule has 152 valence electrons. The molecule has 0 aliphatic heterocycles. The van der Waals surface area contributed by atoms with Gasteiger partial charge in [0.15, 0.2) is 5.78 Å². The Kier molecular flexibility index (Phi) is 7.20. The zero-order valence-electron chi connectivity index (χ0n) is 16.5. The van der Waals surface area contributed by atoms with E-state index in [0.717, 1.165) is 29.3 Å². The minimum atomic E-state index is -0.306. The highest BCUT2D eigenvalue weighted by atomic mass is 79.9. The van der Waals surface area contributed by atoms with Gasteiger partial charge in [0.2, 0.25) is 11.8 Å². The summed E-state index contributed by atoms with van der Waals surface area (Å²) in [6.07, 6.45) is 4.67. The number of benzene rings is 2. The van der Waals surface area contributed by atoms with Gasteiger partial charge in [-0.05, 0) is 73.6 Å². The molecule has 0 spiro atoms. The Hall–Kier alpha value is -2.47. The highest BCUT2D eigenvalue weighted by Crippen LogP contribution is 2.23. The predicted molar refractivity (Wildman–Crippen MR) is 117 cm³/mol. The van der Waals surface area contributed by atoms with Crippen LogP contribution in [0.5, 0.6) is 0 Å². The van der Waals surface area contributed by atoms with Gasteiger partial charge in [-0.3, -0.25) is 14.4 Å². The van der Waals surface area contributed by atoms with Crippen LogP contribution >= 0.6 is 15.9 Å². The second kappa shape index (κ2) is 9.83. The van der Waals surface area contributed by atoms with Crippen molar-refractivity contribution in [3.63, 3.8) is 0 Å². The Bertz CT molecular complexity index is 940. The lowest BCUT2D eigenvalue weighted by Crippen LogP contribution is -2.33. The summed E-state index contributed by atoms with van der Waals surface area (Å²) in [7, 11) is 0. The van der Waals surface area contributed by atoms with Gasteiger partial charge in [-0.1, -0.05) is 28.1 Å². The number of hydrogen-bond acceptors (Lipinski definition) is 3. The van der Waals surface area contributed by atoms with Crippen LogP contribution in [0.25, 0.3) is 0 Å². The van der Waals surface area contributed by atoms with Crippen molar-refractivity contribution in [1.29, 1.82) is 0 Å². The summed E-state index contributed by atoms with van der Waals surface area (Å²) in [4.78, 5) is 36.5. The molecule has 0 heterocycles. The smallest absolute Gasteiger partial charge is 0.243 e. The predicted octanol–water partition coefficient (Wildman–Crippen LogP) is 4.35. The third kappa shape index (κ3) is 6.00. The number of hydrogen-bond donors (Lipinski definition) is 2. The molecule has 3 rings (SSSR count). The van der Waals surface area contributed by atoms with Gasteiger partial charge < -0.3 is 10.6 Å². The Morgan fingerprint density at radius 1 is 0.931 bits per heavy atom. The Balaban J connectivity index is 1.43. The minimum Gasteiger partial charge on any atom is -0.347 e. The van der Waals surface area contributed by atoms with Gasteiger partial charge >= 0.3 is 0 Å². The summed E-state index contributed by atoms with van der Waals surface area (Å²) >= 11 is 3.38. The first-order chi connectivity index (χ1) is 13.9. The first kappa shape index (κ1) is 21.2. The van der Waals surface area contributed by atoms with Crippen molar-refractivity contribution >= 4 is 39.2 Å². The van der Waals surface area contributed by atoms with Crippen LogP contribution in [-0.2, 0) is 22.4 Å². The maximum absolute atomic E-state index is 12.4. The van der Waals surface area contributed by atoms with E-state index >= 15 is 0 Å². The Morgan fingerprint density at radius 3 is 2.45 bits per heavy atom. The van der Waals surface area contributed by atoms with E-state index in [9.17, 15) is 14.4 Å². The molecule has 0 fully saturated rings. The fourth-order valence-corrected chi connectivity index (χ4v) is 3.98. The van der Waals surface area contributed by atoms with E-state index in [1.54, 1.807) is 6.07 Å². The number of carbonyl (C=O) groups is 3. The molecule has 2 N–H and O–H groups in total. The third-order valence-electron chi connectivity index (χ3n) is 5.16. The zero-order chi connectivity index (χ0) is 20.8. The number of Topliss-reactive ketones (excluding diaryl/α,β-unsaturated/α-hetero) is 1. The van der Waals surface area contributed by atoms with Crippen LogP contribution in [0, 0.1) is 6.92 Å². The number of carbonyl (C=O) groups excluding carboxylic acids is 3. The number of fused-ring (bicyclic) bond motifs is 1. The van der Waals surface area contributed by atoms with Gasteiger partial charge in [0.25, 0.3) is 0 Å². The molecule has 0 aromatic heterocycles. The quantitative estimate of drug-likeness (QED) is 0.607. The molecule has 1 aliphatic rings. The summed E-state index contributed by atoms with van der Waals surface area (Å²) in [6.45, 7) is 1.77. The van der Waals surface area contributed by atoms with Crippen molar-refractivity contribution < 1.29 is 14.4 Å². The lowest BCUT2D eigenvalue weighted by Gasteiger charge is -2.16. The highest BCUT2D eigenvalue weighted by Gasteiger charge is 2.14. The maximum atomic E-state index is 12.4. The average Bonchev–Trinajstić information content (AvgIpc) is 2.72. The molecule has 0 saturated heterocycles. The first-order valence-electron chi connectivity index (χ1n) is 9.90. The van der Waals surface area contributed by atoms with Crippen LogP contribution in [-0.4, -0.2) is 24.1 Å². The van der Waals surface area contributed by atoms with Crippen LogP contribution in [0.4, 0.5) is 5.69 Å². The molecular weight excluding hydrogens is 432 g/mol. The zero-order valence-corrected chi connectivity index (χ0v) is 18.1. The molecule has 0 radical (unpaired) electrons. The Labute approximate surface area is 179 Å². The van der Waals surface area contributed by atoms with E-state index in [0.29, 0.717) is 11.3 Å². The largest absolute Gasteiger partial charge is 0.347 e. The van der Waals surface area contributed by atoms with Gasteiger partial charge in [-0.2, -0.15) is 0 Å². The minimum absolute atomic E-state index is 0.0385. The van der Waals surface area contributed by atoms with Gasteiger partial charge in [-0.25, -0.2) is 0 Å². The summed E-state index contributed by atoms with van der Waals surface area (Å²) in [5, 5.41) is 5.35. The van der Waals surface area contributed by atoms with Crippen molar-refractivity contribution in [3.05, 3.63) is 63.1 Å². The molecule has 5 nitrogen and oxygen atoms in total. The van der Waals surface area contributed by atoms with Gasteiger partial charge in [0, 0.05) is 28.6 Å². The number of amides is 2. The van der Waals surface area contributed by atoms with Crippen molar-refractivity contribution in [3.8, 4) is 0 Å². The fraction of sp³-hybridized carbons (Fsp3) is 0.348. The molecular formula is C23H25BrN2O3. The van der Waals surface area contributed by atoms with Gasteiger partial charge in [0.05, 0.1) is 6.54 Å². The summed E-state index contributed by atoms with van der Waals surface area (Å²) in [6, 6.07) is 11.4. The fourth-order valence-electron chi connectivity index (χ4n) is 3.51. The molecule has 0 atom stereocenters. The second-order valence-corrected chi connectivity index (χ2v) is 8.31. The first-order valence-corrected chi connectivity index (χ1v) is 10.7. The highest BCUT2D eigenvalue weighted by molar-refractivity contribution is 9.10. The number of anilines is 1. The van der Waals surface area contributed by atoms with Crippen LogP contribution < -0.4 is 10.6 Å². The van der Waals surface area contributed by atoms with E-state index in [1.165, 1.54) is 17.5 Å². The molecule has 29 heavy (non-hydrogen) atoms. The lowest BCUT2D eigenvalue weighted by atomic mass is 9.89. The van der Waals surface area contributed by atoms with Crippen LogP contribution in [0.15, 0.2) is 40.9 Å². The van der Waals surface area contributed by atoms with E-state index in [1.807, 2.05) is 37.3 Å². The molecule has 0 unspecified atom stereocenters. The molecule has 0 bridgehead atoms. The monoisotopic (exact) mass is 456 g/mol. The van der Waals surface area contributed by atoms with E-state index < -0.39 is 0 Å². The summed E-state index contributed by atoms with van der Waals surface area (Å²) in [5.41, 5.74) is 4.88. The van der Waals surface area contributed by atoms with Crippen molar-refractivity contribution in [2.24, 2.45) is 0 Å². The summed E-state index contributed by atoms with van der Waals surface area (Å²) in [5.74, 6) is -0.646. The molecule has 0 saturated carbocycles. The van der Waals surface area contributed by atoms with E-state index in [-0.39, 0.29) is 37.0 Å². The number of nitrogens with one attached hydrogen (secondary N) is 2. The summed E-state index contributed by atoms with van der Waals surface area (Å²) < 4.78 is 0.935. The van der Waals surface area contributed by atoms with Crippen LogP contribution in [0.2, 0.25) is 0 Å². The van der Waals surface area contributed by atoms with Crippen LogP contribution in [0.1, 0.15) is 52.7 Å². The topological polar surface area (TPSA) is 75.3 Å². The van der Waals surface area contributed by atoms with E-state index in [4.69, 9.17) is 0 Å². The molecule has 1 aliphatic carbocycles. The average molecular weight is 457 g/mol. The van der Waals surface area contributed by atoms with Crippen molar-refractivity contribution in [1.82, 2.24) is 5.32 Å². The molecule has 2 aromatic carbocycles. The normalized spacial score (nSPS) is 12.8. The number of rotatable bonds is 7. The lowest BCUT2D eigenvalue weighted by molar-refractivity contribution is -0.124. The van der Waals surface area contributed by atoms with Crippen LogP contribution in [0.3, 0.4) is 0 Å². The molecule has 2 aromatic rings.